The van der Waals surface area contributed by atoms with E-state index in [-0.39, 0.29) is 22.5 Å². The zero-order chi connectivity index (χ0) is 14.9. The van der Waals surface area contributed by atoms with E-state index >= 15 is 0 Å². The molecule has 0 saturated heterocycles. The van der Waals surface area contributed by atoms with Gasteiger partial charge in [0.2, 0.25) is 0 Å². The Labute approximate surface area is 127 Å². The summed E-state index contributed by atoms with van der Waals surface area (Å²) >= 11 is 1.95. The van der Waals surface area contributed by atoms with E-state index in [2.05, 4.69) is 5.32 Å². The highest BCUT2D eigenvalue weighted by atomic mass is 127. The molecule has 2 rings (SSSR count). The van der Waals surface area contributed by atoms with Gasteiger partial charge in [-0.05, 0) is 59.3 Å². The standard InChI is InChI=1S/C14H10F2INO2/c1-7-2-4-9(14(19)20)13(12(7)16)18-11-5-3-8(17)6-10(11)15/h2-6,18H,1H3,(H,19,20). The van der Waals surface area contributed by atoms with Crippen molar-refractivity contribution in [3.05, 3.63) is 56.7 Å². The molecule has 104 valence electrons. The van der Waals surface area contributed by atoms with Gasteiger partial charge in [0.1, 0.15) is 11.6 Å². The zero-order valence-corrected chi connectivity index (χ0v) is 12.5. The van der Waals surface area contributed by atoms with E-state index in [1.54, 1.807) is 6.07 Å². The van der Waals surface area contributed by atoms with Crippen LogP contribution < -0.4 is 5.32 Å². The summed E-state index contributed by atoms with van der Waals surface area (Å²) in [6.45, 7) is 1.51. The number of aromatic carboxylic acids is 1. The van der Waals surface area contributed by atoms with Crippen molar-refractivity contribution < 1.29 is 18.7 Å². The fraction of sp³-hybridized carbons (Fsp3) is 0.0714. The largest absolute Gasteiger partial charge is 0.478 e. The third kappa shape index (κ3) is 2.90. The summed E-state index contributed by atoms with van der Waals surface area (Å²) in [6.07, 6.45) is 0. The number of nitrogens with one attached hydrogen (secondary N) is 1. The second-order valence-electron chi connectivity index (χ2n) is 4.17. The second kappa shape index (κ2) is 5.74. The minimum absolute atomic E-state index is 0.0254. The summed E-state index contributed by atoms with van der Waals surface area (Å²) in [5.41, 5.74) is -0.176. The van der Waals surface area contributed by atoms with Crippen LogP contribution in [-0.2, 0) is 0 Å². The van der Waals surface area contributed by atoms with E-state index in [4.69, 9.17) is 5.11 Å². The molecule has 0 aliphatic carbocycles. The first-order chi connectivity index (χ1) is 9.40. The van der Waals surface area contributed by atoms with E-state index in [9.17, 15) is 13.6 Å². The van der Waals surface area contributed by atoms with E-state index < -0.39 is 17.6 Å². The van der Waals surface area contributed by atoms with Crippen LogP contribution >= 0.6 is 22.6 Å². The quantitative estimate of drug-likeness (QED) is 0.769. The highest BCUT2D eigenvalue weighted by molar-refractivity contribution is 14.1. The number of anilines is 2. The number of hydrogen-bond donors (Lipinski definition) is 2. The van der Waals surface area contributed by atoms with Crippen molar-refractivity contribution >= 4 is 39.9 Å². The van der Waals surface area contributed by atoms with Crippen LogP contribution in [0.1, 0.15) is 15.9 Å². The van der Waals surface area contributed by atoms with Crippen molar-refractivity contribution in [1.29, 1.82) is 0 Å². The lowest BCUT2D eigenvalue weighted by atomic mass is 10.1. The maximum absolute atomic E-state index is 14.1. The molecular formula is C14H10F2INO2. The summed E-state index contributed by atoms with van der Waals surface area (Å²) in [7, 11) is 0. The minimum Gasteiger partial charge on any atom is -0.478 e. The Hall–Kier alpha value is -1.70. The van der Waals surface area contributed by atoms with Crippen LogP contribution in [0.3, 0.4) is 0 Å². The normalized spacial score (nSPS) is 10.4. The number of carboxylic acid groups (broad SMARTS) is 1. The summed E-state index contributed by atoms with van der Waals surface area (Å²) in [5.74, 6) is -2.56. The third-order valence-corrected chi connectivity index (χ3v) is 3.43. The Balaban J connectivity index is 2.52. The molecule has 0 bridgehead atoms. The number of rotatable bonds is 3. The molecule has 0 aromatic heterocycles. The van der Waals surface area contributed by atoms with Crippen LogP contribution in [0.5, 0.6) is 0 Å². The van der Waals surface area contributed by atoms with E-state index in [1.165, 1.54) is 31.2 Å². The molecule has 0 radical (unpaired) electrons. The molecule has 6 heteroatoms. The zero-order valence-electron chi connectivity index (χ0n) is 10.4. The molecule has 0 atom stereocenters. The van der Waals surface area contributed by atoms with Gasteiger partial charge < -0.3 is 10.4 Å². The van der Waals surface area contributed by atoms with Gasteiger partial charge in [0.25, 0.3) is 0 Å². The third-order valence-electron chi connectivity index (χ3n) is 2.76. The van der Waals surface area contributed by atoms with Crippen LogP contribution in [-0.4, -0.2) is 11.1 Å². The lowest BCUT2D eigenvalue weighted by molar-refractivity contribution is 0.0697. The maximum atomic E-state index is 14.1. The molecule has 0 fully saturated rings. The van der Waals surface area contributed by atoms with Gasteiger partial charge in [-0.3, -0.25) is 0 Å². The molecule has 3 nitrogen and oxygen atoms in total. The summed E-state index contributed by atoms with van der Waals surface area (Å²) < 4.78 is 28.5. The first-order valence-electron chi connectivity index (χ1n) is 5.64. The fourth-order valence-electron chi connectivity index (χ4n) is 1.71. The van der Waals surface area contributed by atoms with Gasteiger partial charge in [0, 0.05) is 3.57 Å². The molecule has 0 saturated carbocycles. The number of aryl methyl sites for hydroxylation is 1. The van der Waals surface area contributed by atoms with Crippen molar-refractivity contribution in [2.45, 2.75) is 6.92 Å². The number of carbonyl (C=O) groups is 1. The van der Waals surface area contributed by atoms with E-state index in [0.717, 1.165) is 0 Å². The number of halogens is 3. The van der Waals surface area contributed by atoms with Crippen molar-refractivity contribution in [2.24, 2.45) is 0 Å². The predicted molar refractivity (Wildman–Crippen MR) is 80.5 cm³/mol. The SMILES string of the molecule is Cc1ccc(C(=O)O)c(Nc2ccc(I)cc2F)c1F. The Kier molecular flexibility index (Phi) is 4.22. The fourth-order valence-corrected chi connectivity index (χ4v) is 2.16. The minimum atomic E-state index is -1.28. The molecule has 2 N–H and O–H groups in total. The Morgan fingerprint density at radius 2 is 1.95 bits per heavy atom. The monoisotopic (exact) mass is 389 g/mol. The molecule has 0 unspecified atom stereocenters. The Bertz CT molecular complexity index is 689. The average molecular weight is 389 g/mol. The van der Waals surface area contributed by atoms with Crippen LogP contribution in [0.2, 0.25) is 0 Å². The summed E-state index contributed by atoms with van der Waals surface area (Å²) in [5, 5.41) is 11.6. The molecule has 0 spiro atoms. The lowest BCUT2D eigenvalue weighted by Gasteiger charge is -2.13. The molecule has 0 aliphatic heterocycles. The van der Waals surface area contributed by atoms with Gasteiger partial charge in [-0.1, -0.05) is 6.07 Å². The summed E-state index contributed by atoms with van der Waals surface area (Å²) in [4.78, 5) is 11.1. The van der Waals surface area contributed by atoms with Crippen LogP contribution in [0, 0.1) is 22.1 Å². The first kappa shape index (κ1) is 14.7. The smallest absolute Gasteiger partial charge is 0.337 e. The number of benzene rings is 2. The van der Waals surface area contributed by atoms with Crippen molar-refractivity contribution in [2.75, 3.05) is 5.32 Å². The van der Waals surface area contributed by atoms with Crippen LogP contribution in [0.25, 0.3) is 0 Å². The van der Waals surface area contributed by atoms with Gasteiger partial charge >= 0.3 is 5.97 Å². The van der Waals surface area contributed by atoms with Crippen molar-refractivity contribution in [3.63, 3.8) is 0 Å². The molecule has 0 amide bonds. The molecular weight excluding hydrogens is 379 g/mol. The highest BCUT2D eigenvalue weighted by Gasteiger charge is 2.17. The van der Waals surface area contributed by atoms with Gasteiger partial charge in [0.05, 0.1) is 16.9 Å². The van der Waals surface area contributed by atoms with Crippen LogP contribution in [0.15, 0.2) is 30.3 Å². The molecule has 2 aromatic carbocycles. The predicted octanol–water partition coefficient (Wildman–Crippen LogP) is 4.32. The number of hydrogen-bond acceptors (Lipinski definition) is 2. The van der Waals surface area contributed by atoms with Crippen molar-refractivity contribution in [3.8, 4) is 0 Å². The lowest BCUT2D eigenvalue weighted by Crippen LogP contribution is -2.07. The molecule has 2 aromatic rings. The molecule has 20 heavy (non-hydrogen) atoms. The van der Waals surface area contributed by atoms with E-state index in [1.807, 2.05) is 22.6 Å². The highest BCUT2D eigenvalue weighted by Crippen LogP contribution is 2.28. The molecule has 0 heterocycles. The van der Waals surface area contributed by atoms with Crippen LogP contribution in [0.4, 0.5) is 20.2 Å². The van der Waals surface area contributed by atoms with Gasteiger partial charge in [-0.15, -0.1) is 0 Å². The number of carboxylic acids is 1. The maximum Gasteiger partial charge on any atom is 0.337 e. The van der Waals surface area contributed by atoms with Gasteiger partial charge in [-0.25, -0.2) is 13.6 Å². The average Bonchev–Trinajstić information content (AvgIpc) is 2.37. The van der Waals surface area contributed by atoms with Gasteiger partial charge in [0.15, 0.2) is 0 Å². The summed E-state index contributed by atoms with van der Waals surface area (Å²) in [6, 6.07) is 7.00. The topological polar surface area (TPSA) is 49.3 Å². The van der Waals surface area contributed by atoms with Crippen molar-refractivity contribution in [1.82, 2.24) is 0 Å². The molecule has 0 aliphatic rings. The Morgan fingerprint density at radius 1 is 1.25 bits per heavy atom. The van der Waals surface area contributed by atoms with Gasteiger partial charge in [-0.2, -0.15) is 0 Å². The second-order valence-corrected chi connectivity index (χ2v) is 5.42. The Morgan fingerprint density at radius 3 is 2.55 bits per heavy atom. The first-order valence-corrected chi connectivity index (χ1v) is 6.72. The van der Waals surface area contributed by atoms with E-state index in [0.29, 0.717) is 3.57 Å².